The summed E-state index contributed by atoms with van der Waals surface area (Å²) in [5.74, 6) is 0.249. The lowest BCUT2D eigenvalue weighted by atomic mass is 10.3. The second kappa shape index (κ2) is 4.30. The van der Waals surface area contributed by atoms with Crippen LogP contribution in [0.1, 0.15) is 0 Å². The first-order valence-electron chi connectivity index (χ1n) is 2.96. The van der Waals surface area contributed by atoms with Gasteiger partial charge >= 0.3 is 0 Å². The van der Waals surface area contributed by atoms with Crippen LogP contribution in [0.4, 0.5) is 5.69 Å². The van der Waals surface area contributed by atoms with Crippen molar-refractivity contribution in [2.24, 2.45) is 0 Å². The maximum absolute atomic E-state index is 10.1. The molecule has 6 heteroatoms. The number of rotatable bonds is 3. The van der Waals surface area contributed by atoms with Crippen molar-refractivity contribution in [3.8, 4) is 5.75 Å². The zero-order chi connectivity index (χ0) is 8.97. The Bertz CT molecular complexity index is 277. The molecule has 1 unspecified atom stereocenters. The Morgan fingerprint density at radius 3 is 2.42 bits per heavy atom. The molecule has 1 N–H and O–H groups in total. The Morgan fingerprint density at radius 2 is 2.00 bits per heavy atom. The number of nitrogens with one attached hydrogen (secondary N) is 1. The minimum absolute atomic E-state index is 0.249. The molecule has 0 spiro atoms. The molecule has 0 bridgehead atoms. The van der Waals surface area contributed by atoms with Gasteiger partial charge in [-0.15, -0.1) is 0 Å². The van der Waals surface area contributed by atoms with Gasteiger partial charge in [0.2, 0.25) is 0 Å². The highest BCUT2D eigenvalue weighted by Crippen LogP contribution is 2.16. The quantitative estimate of drug-likeness (QED) is 0.600. The molecule has 66 valence electrons. The molecule has 12 heavy (non-hydrogen) atoms. The normalized spacial score (nSPS) is 12.2. The standard InChI is InChI=1S/C6H6ClNO3S/c7-8-5-1-3-6(4-2-5)11-12(9)10/h1-4,8H,(H,9,10)/p-1. The lowest BCUT2D eigenvalue weighted by molar-refractivity contribution is 0.440. The molecule has 0 aliphatic rings. The number of anilines is 1. The lowest BCUT2D eigenvalue weighted by Gasteiger charge is -2.06. The van der Waals surface area contributed by atoms with Crippen molar-refractivity contribution in [1.29, 1.82) is 0 Å². The van der Waals surface area contributed by atoms with E-state index in [1.54, 1.807) is 12.1 Å². The molecule has 0 aliphatic heterocycles. The number of hydrogen-bond donors (Lipinski definition) is 1. The van der Waals surface area contributed by atoms with Gasteiger partial charge in [0.25, 0.3) is 0 Å². The molecule has 1 aromatic carbocycles. The molecule has 0 aliphatic carbocycles. The van der Waals surface area contributed by atoms with E-state index in [-0.39, 0.29) is 5.75 Å². The van der Waals surface area contributed by atoms with E-state index >= 15 is 0 Å². The van der Waals surface area contributed by atoms with Gasteiger partial charge in [-0.2, -0.15) is 0 Å². The molecule has 0 saturated heterocycles. The third-order valence-corrected chi connectivity index (χ3v) is 1.67. The fraction of sp³-hybridized carbons (Fsp3) is 0. The average molecular weight is 207 g/mol. The van der Waals surface area contributed by atoms with E-state index in [1.807, 2.05) is 0 Å². The molecule has 0 heterocycles. The van der Waals surface area contributed by atoms with E-state index in [1.165, 1.54) is 12.1 Å². The topological polar surface area (TPSA) is 61.4 Å². The zero-order valence-electron chi connectivity index (χ0n) is 5.82. The first kappa shape index (κ1) is 9.31. The fourth-order valence-electron chi connectivity index (χ4n) is 0.652. The highest BCUT2D eigenvalue weighted by molar-refractivity contribution is 7.74. The largest absolute Gasteiger partial charge is 0.740 e. The Morgan fingerprint density at radius 1 is 1.42 bits per heavy atom. The first-order valence-corrected chi connectivity index (χ1v) is 4.34. The van der Waals surface area contributed by atoms with Crippen LogP contribution in [0.3, 0.4) is 0 Å². The van der Waals surface area contributed by atoms with Crippen molar-refractivity contribution in [2.75, 3.05) is 4.84 Å². The Kier molecular flexibility index (Phi) is 3.33. The molecular formula is C6H5ClNO3S-. The summed E-state index contributed by atoms with van der Waals surface area (Å²) in [7, 11) is 0. The minimum atomic E-state index is -2.53. The second-order valence-corrected chi connectivity index (χ2v) is 2.67. The Labute approximate surface area is 77.1 Å². The van der Waals surface area contributed by atoms with Gasteiger partial charge in [0.15, 0.2) is 0 Å². The molecule has 0 aromatic heterocycles. The predicted molar refractivity (Wildman–Crippen MR) is 45.5 cm³/mol. The smallest absolute Gasteiger partial charge is 0.139 e. The van der Waals surface area contributed by atoms with Gasteiger partial charge in [-0.25, -0.2) is 4.21 Å². The molecule has 0 fully saturated rings. The Balaban J connectivity index is 2.71. The molecule has 0 radical (unpaired) electrons. The maximum atomic E-state index is 10.1. The predicted octanol–water partition coefficient (Wildman–Crippen LogP) is 1.43. The molecule has 0 amide bonds. The van der Waals surface area contributed by atoms with Gasteiger partial charge in [0.1, 0.15) is 17.1 Å². The van der Waals surface area contributed by atoms with E-state index in [4.69, 9.17) is 11.8 Å². The van der Waals surface area contributed by atoms with Crippen LogP contribution in [0.25, 0.3) is 0 Å². The third-order valence-electron chi connectivity index (χ3n) is 1.13. The Hall–Kier alpha value is -0.780. The monoisotopic (exact) mass is 206 g/mol. The van der Waals surface area contributed by atoms with Crippen LogP contribution in [0.15, 0.2) is 24.3 Å². The van der Waals surface area contributed by atoms with E-state index in [0.29, 0.717) is 5.69 Å². The van der Waals surface area contributed by atoms with Gasteiger partial charge in [-0.3, -0.25) is 4.84 Å². The van der Waals surface area contributed by atoms with Crippen LogP contribution >= 0.6 is 11.8 Å². The van der Waals surface area contributed by atoms with E-state index in [0.717, 1.165) is 0 Å². The van der Waals surface area contributed by atoms with Crippen molar-refractivity contribution >= 4 is 28.8 Å². The highest BCUT2D eigenvalue weighted by Gasteiger charge is 1.93. The summed E-state index contributed by atoms with van der Waals surface area (Å²) in [5.41, 5.74) is 0.667. The van der Waals surface area contributed by atoms with Crippen LogP contribution in [-0.4, -0.2) is 8.76 Å². The number of hydrogen-bond acceptors (Lipinski definition) is 4. The summed E-state index contributed by atoms with van der Waals surface area (Å²) in [4.78, 5) is 2.37. The van der Waals surface area contributed by atoms with Gasteiger partial charge in [0, 0.05) is 17.5 Å². The molecule has 1 aromatic rings. The van der Waals surface area contributed by atoms with Crippen molar-refractivity contribution in [1.82, 2.24) is 0 Å². The summed E-state index contributed by atoms with van der Waals surface area (Å²) in [5, 5.41) is 0. The van der Waals surface area contributed by atoms with Crippen LogP contribution < -0.4 is 9.02 Å². The number of halogens is 1. The molecule has 1 atom stereocenters. The molecular weight excluding hydrogens is 202 g/mol. The van der Waals surface area contributed by atoms with Gasteiger partial charge < -0.3 is 8.74 Å². The highest BCUT2D eigenvalue weighted by atomic mass is 35.5. The minimum Gasteiger partial charge on any atom is -0.740 e. The molecule has 0 saturated carbocycles. The van der Waals surface area contributed by atoms with Gasteiger partial charge in [-0.1, -0.05) is 0 Å². The zero-order valence-corrected chi connectivity index (χ0v) is 7.39. The van der Waals surface area contributed by atoms with E-state index in [9.17, 15) is 8.76 Å². The number of benzene rings is 1. The van der Waals surface area contributed by atoms with Crippen molar-refractivity contribution in [3.63, 3.8) is 0 Å². The fourth-order valence-corrected chi connectivity index (χ4v) is 1.05. The summed E-state index contributed by atoms with van der Waals surface area (Å²) in [6, 6.07) is 6.16. The van der Waals surface area contributed by atoms with Crippen LogP contribution in [0, 0.1) is 0 Å². The first-order chi connectivity index (χ1) is 5.72. The summed E-state index contributed by atoms with van der Waals surface area (Å²) in [6.45, 7) is 0. The van der Waals surface area contributed by atoms with Gasteiger partial charge in [-0.05, 0) is 24.3 Å². The summed E-state index contributed by atoms with van der Waals surface area (Å²) >= 11 is 2.74. The average Bonchev–Trinajstić information content (AvgIpc) is 2.05. The molecule has 1 rings (SSSR count). The van der Waals surface area contributed by atoms with Crippen LogP contribution in [0.5, 0.6) is 5.75 Å². The lowest BCUT2D eigenvalue weighted by Crippen LogP contribution is -1.97. The van der Waals surface area contributed by atoms with Crippen molar-refractivity contribution in [3.05, 3.63) is 24.3 Å². The van der Waals surface area contributed by atoms with E-state index < -0.39 is 11.4 Å². The SMILES string of the molecule is O=S([O-])Oc1ccc(NCl)cc1. The van der Waals surface area contributed by atoms with Crippen LogP contribution in [0.2, 0.25) is 0 Å². The van der Waals surface area contributed by atoms with E-state index in [2.05, 4.69) is 9.02 Å². The van der Waals surface area contributed by atoms with Crippen molar-refractivity contribution < 1.29 is 12.9 Å². The van der Waals surface area contributed by atoms with Crippen LogP contribution in [-0.2, 0) is 11.4 Å². The molecule has 4 nitrogen and oxygen atoms in total. The van der Waals surface area contributed by atoms with Gasteiger partial charge in [0.05, 0.1) is 0 Å². The maximum Gasteiger partial charge on any atom is 0.139 e. The summed E-state index contributed by atoms with van der Waals surface area (Å²) < 4.78 is 24.5. The second-order valence-electron chi connectivity index (χ2n) is 1.91. The summed E-state index contributed by atoms with van der Waals surface area (Å²) in [6.07, 6.45) is 0. The van der Waals surface area contributed by atoms with Crippen molar-refractivity contribution in [2.45, 2.75) is 0 Å². The third kappa shape index (κ3) is 2.69.